The Labute approximate surface area is 178 Å². The molecule has 0 saturated carbocycles. The molecule has 1 aliphatic heterocycles. The number of methoxy groups -OCH3 is 2. The molecule has 1 aliphatic rings. The first kappa shape index (κ1) is 20.9. The Morgan fingerprint density at radius 1 is 1.17 bits per heavy atom. The van der Waals surface area contributed by atoms with E-state index in [0.717, 1.165) is 22.9 Å². The standard InChI is InChI=1S/C21H19NO5S2/c1-26-16-9-8-13(10-17(16)27-2)11-18-20(25)22(21(28)29-18)15(12-19(23)24)14-6-4-3-5-7-14/h3-11,15H,12H2,1-2H3,(H,23,24)/b18-11-. The van der Waals surface area contributed by atoms with E-state index in [9.17, 15) is 14.7 Å². The molecular formula is C21H19NO5S2. The predicted molar refractivity (Wildman–Crippen MR) is 116 cm³/mol. The van der Waals surface area contributed by atoms with E-state index < -0.39 is 12.0 Å². The zero-order valence-corrected chi connectivity index (χ0v) is 17.5. The molecule has 29 heavy (non-hydrogen) atoms. The van der Waals surface area contributed by atoms with Gasteiger partial charge in [-0.15, -0.1) is 0 Å². The Morgan fingerprint density at radius 2 is 1.86 bits per heavy atom. The van der Waals surface area contributed by atoms with Crippen LogP contribution in [0.3, 0.4) is 0 Å². The summed E-state index contributed by atoms with van der Waals surface area (Å²) in [6.45, 7) is 0. The van der Waals surface area contributed by atoms with Crippen molar-refractivity contribution in [2.75, 3.05) is 14.2 Å². The molecule has 6 nitrogen and oxygen atoms in total. The summed E-state index contributed by atoms with van der Waals surface area (Å²) in [5, 5.41) is 9.36. The number of carbonyl (C=O) groups is 2. The van der Waals surface area contributed by atoms with Crippen molar-refractivity contribution in [2.24, 2.45) is 0 Å². The van der Waals surface area contributed by atoms with Gasteiger partial charge in [0.05, 0.1) is 31.6 Å². The number of thiocarbonyl (C=S) groups is 1. The molecule has 0 bridgehead atoms. The van der Waals surface area contributed by atoms with Crippen LogP contribution in [-0.2, 0) is 9.59 Å². The molecule has 1 unspecified atom stereocenters. The average molecular weight is 430 g/mol. The monoisotopic (exact) mass is 429 g/mol. The van der Waals surface area contributed by atoms with Crippen molar-refractivity contribution in [1.29, 1.82) is 0 Å². The van der Waals surface area contributed by atoms with Crippen molar-refractivity contribution >= 4 is 46.3 Å². The fourth-order valence-electron chi connectivity index (χ4n) is 3.04. The van der Waals surface area contributed by atoms with Gasteiger partial charge in [-0.05, 0) is 29.3 Å². The van der Waals surface area contributed by atoms with Gasteiger partial charge in [0.15, 0.2) is 11.5 Å². The van der Waals surface area contributed by atoms with Gasteiger partial charge in [-0.2, -0.15) is 0 Å². The van der Waals surface area contributed by atoms with E-state index in [4.69, 9.17) is 21.7 Å². The molecule has 0 aromatic heterocycles. The SMILES string of the molecule is COc1ccc(/C=C2\SC(=S)N(C(CC(=O)O)c3ccccc3)C2=O)cc1OC. The minimum atomic E-state index is -1.00. The average Bonchev–Trinajstić information content (AvgIpc) is 2.99. The van der Waals surface area contributed by atoms with Gasteiger partial charge in [0, 0.05) is 0 Å². The number of carbonyl (C=O) groups excluding carboxylic acids is 1. The minimum Gasteiger partial charge on any atom is -0.493 e. The summed E-state index contributed by atoms with van der Waals surface area (Å²) in [5.74, 6) is -0.186. The molecule has 8 heteroatoms. The summed E-state index contributed by atoms with van der Waals surface area (Å²) < 4.78 is 10.9. The maximum atomic E-state index is 13.1. The first-order valence-electron chi connectivity index (χ1n) is 8.70. The van der Waals surface area contributed by atoms with Gasteiger partial charge in [-0.1, -0.05) is 60.4 Å². The van der Waals surface area contributed by atoms with Crippen LogP contribution in [0.5, 0.6) is 11.5 Å². The van der Waals surface area contributed by atoms with Crippen molar-refractivity contribution in [3.05, 3.63) is 64.6 Å². The molecule has 1 atom stereocenters. The maximum absolute atomic E-state index is 13.1. The molecule has 1 saturated heterocycles. The molecule has 0 aliphatic carbocycles. The largest absolute Gasteiger partial charge is 0.493 e. The number of ether oxygens (including phenoxy) is 2. The predicted octanol–water partition coefficient (Wildman–Crippen LogP) is 4.12. The normalized spacial score (nSPS) is 16.2. The second-order valence-electron chi connectivity index (χ2n) is 6.19. The van der Waals surface area contributed by atoms with Gasteiger partial charge < -0.3 is 14.6 Å². The number of benzene rings is 2. The van der Waals surface area contributed by atoms with Crippen LogP contribution >= 0.6 is 24.0 Å². The lowest BCUT2D eigenvalue weighted by molar-refractivity contribution is -0.138. The van der Waals surface area contributed by atoms with E-state index in [-0.39, 0.29) is 12.3 Å². The van der Waals surface area contributed by atoms with Crippen LogP contribution in [0.2, 0.25) is 0 Å². The summed E-state index contributed by atoms with van der Waals surface area (Å²) in [6.07, 6.45) is 1.48. The summed E-state index contributed by atoms with van der Waals surface area (Å²) >= 11 is 6.57. The van der Waals surface area contributed by atoms with Crippen LogP contribution in [0, 0.1) is 0 Å². The molecule has 1 amide bonds. The third kappa shape index (κ3) is 4.60. The number of hydrogen-bond donors (Lipinski definition) is 1. The number of nitrogens with zero attached hydrogens (tertiary/aromatic N) is 1. The Bertz CT molecular complexity index is 974. The fourth-order valence-corrected chi connectivity index (χ4v) is 4.40. The minimum absolute atomic E-state index is 0.236. The Morgan fingerprint density at radius 3 is 2.48 bits per heavy atom. The van der Waals surface area contributed by atoms with Gasteiger partial charge in [-0.25, -0.2) is 0 Å². The summed E-state index contributed by atoms with van der Waals surface area (Å²) in [7, 11) is 3.09. The lowest BCUT2D eigenvalue weighted by Crippen LogP contribution is -2.34. The molecule has 1 N–H and O–H groups in total. The molecular weight excluding hydrogens is 410 g/mol. The van der Waals surface area contributed by atoms with Gasteiger partial charge >= 0.3 is 5.97 Å². The highest BCUT2D eigenvalue weighted by molar-refractivity contribution is 8.26. The number of aliphatic carboxylic acids is 1. The van der Waals surface area contributed by atoms with Gasteiger partial charge in [0.2, 0.25) is 0 Å². The first-order valence-corrected chi connectivity index (χ1v) is 9.93. The van der Waals surface area contributed by atoms with Gasteiger partial charge in [-0.3, -0.25) is 14.5 Å². The van der Waals surface area contributed by atoms with E-state index in [1.165, 1.54) is 12.0 Å². The molecule has 3 rings (SSSR count). The zero-order chi connectivity index (χ0) is 21.0. The Hall–Kier alpha value is -2.84. The van der Waals surface area contributed by atoms with Gasteiger partial charge in [0.25, 0.3) is 5.91 Å². The smallest absolute Gasteiger partial charge is 0.305 e. The Kier molecular flexibility index (Phi) is 6.56. The van der Waals surface area contributed by atoms with Crippen LogP contribution < -0.4 is 9.47 Å². The van der Waals surface area contributed by atoms with Crippen LogP contribution in [0.4, 0.5) is 0 Å². The number of carboxylic acid groups (broad SMARTS) is 1. The highest BCUT2D eigenvalue weighted by Gasteiger charge is 2.38. The number of carboxylic acids is 1. The van der Waals surface area contributed by atoms with Crippen molar-refractivity contribution < 1.29 is 24.2 Å². The highest BCUT2D eigenvalue weighted by atomic mass is 32.2. The third-order valence-electron chi connectivity index (χ3n) is 4.39. The van der Waals surface area contributed by atoms with Crippen LogP contribution in [0.25, 0.3) is 6.08 Å². The maximum Gasteiger partial charge on any atom is 0.305 e. The summed E-state index contributed by atoms with van der Waals surface area (Å²) in [4.78, 5) is 26.3. The van der Waals surface area contributed by atoms with E-state index in [0.29, 0.717) is 20.7 Å². The molecule has 0 spiro atoms. The third-order valence-corrected chi connectivity index (χ3v) is 5.72. The van der Waals surface area contributed by atoms with Crippen LogP contribution in [-0.4, -0.2) is 40.4 Å². The van der Waals surface area contributed by atoms with E-state index >= 15 is 0 Å². The highest BCUT2D eigenvalue weighted by Crippen LogP contribution is 2.40. The van der Waals surface area contributed by atoms with E-state index in [2.05, 4.69) is 0 Å². The number of amides is 1. The molecule has 1 fully saturated rings. The number of hydrogen-bond acceptors (Lipinski definition) is 6. The molecule has 2 aromatic rings. The second-order valence-corrected chi connectivity index (χ2v) is 7.87. The summed E-state index contributed by atoms with van der Waals surface area (Å²) in [6, 6.07) is 13.7. The van der Waals surface area contributed by atoms with Crippen molar-refractivity contribution in [3.63, 3.8) is 0 Å². The molecule has 1 heterocycles. The zero-order valence-electron chi connectivity index (χ0n) is 15.8. The second kappa shape index (κ2) is 9.11. The Balaban J connectivity index is 1.94. The first-order chi connectivity index (χ1) is 13.9. The van der Waals surface area contributed by atoms with Crippen molar-refractivity contribution in [2.45, 2.75) is 12.5 Å². The number of thioether (sulfide) groups is 1. The molecule has 0 radical (unpaired) electrons. The fraction of sp³-hybridized carbons (Fsp3) is 0.190. The summed E-state index contributed by atoms with van der Waals surface area (Å²) in [5.41, 5.74) is 1.47. The lowest BCUT2D eigenvalue weighted by Gasteiger charge is -2.26. The van der Waals surface area contributed by atoms with E-state index in [1.807, 2.05) is 6.07 Å². The van der Waals surface area contributed by atoms with Gasteiger partial charge in [0.1, 0.15) is 4.32 Å². The van der Waals surface area contributed by atoms with Crippen LogP contribution in [0.15, 0.2) is 53.4 Å². The molecule has 150 valence electrons. The van der Waals surface area contributed by atoms with Crippen molar-refractivity contribution in [1.82, 2.24) is 4.90 Å². The topological polar surface area (TPSA) is 76.1 Å². The molecule has 2 aromatic carbocycles. The van der Waals surface area contributed by atoms with Crippen LogP contribution in [0.1, 0.15) is 23.6 Å². The lowest BCUT2D eigenvalue weighted by atomic mass is 10.0. The van der Waals surface area contributed by atoms with Crippen molar-refractivity contribution in [3.8, 4) is 11.5 Å². The quantitative estimate of drug-likeness (QED) is 0.524. The number of rotatable bonds is 7. The van der Waals surface area contributed by atoms with E-state index in [1.54, 1.807) is 55.7 Å².